The largest absolute Gasteiger partial charge is 0.450 e. The molecule has 0 fully saturated rings. The highest BCUT2D eigenvalue weighted by Gasteiger charge is 2.34. The van der Waals surface area contributed by atoms with Gasteiger partial charge in [0.2, 0.25) is 0 Å². The van der Waals surface area contributed by atoms with Gasteiger partial charge in [0.25, 0.3) is 0 Å². The molecule has 2 aromatic carbocycles. The van der Waals surface area contributed by atoms with Crippen molar-refractivity contribution in [1.82, 2.24) is 9.88 Å². The molecule has 1 unspecified atom stereocenters. The molecule has 0 radical (unpaired) electrons. The van der Waals surface area contributed by atoms with E-state index in [-0.39, 0.29) is 12.1 Å². The number of ether oxygens (including phenoxy) is 1. The van der Waals surface area contributed by atoms with Gasteiger partial charge in [-0.15, -0.1) is 0 Å². The van der Waals surface area contributed by atoms with Gasteiger partial charge in [-0.25, -0.2) is 4.79 Å². The fourth-order valence-electron chi connectivity index (χ4n) is 3.87. The van der Waals surface area contributed by atoms with Gasteiger partial charge in [-0.1, -0.05) is 45.2 Å². The van der Waals surface area contributed by atoms with Crippen LogP contribution in [0.15, 0.2) is 40.9 Å². The third kappa shape index (κ3) is 3.63. The predicted molar refractivity (Wildman–Crippen MR) is 116 cm³/mol. The van der Waals surface area contributed by atoms with Crippen LogP contribution in [-0.4, -0.2) is 29.1 Å². The quantitative estimate of drug-likeness (QED) is 0.461. The number of nitrogens with one attached hydrogen (secondary N) is 1. The first-order valence-electron chi connectivity index (χ1n) is 9.15. The van der Waals surface area contributed by atoms with E-state index < -0.39 is 0 Å². The van der Waals surface area contributed by atoms with Crippen molar-refractivity contribution in [1.29, 1.82) is 0 Å². The molecule has 1 atom stereocenters. The van der Waals surface area contributed by atoms with Crippen molar-refractivity contribution in [3.63, 3.8) is 0 Å². The second-order valence-electron chi connectivity index (χ2n) is 6.81. The average molecular weight is 482 g/mol. The lowest BCUT2D eigenvalue weighted by Crippen LogP contribution is -2.41. The summed E-state index contributed by atoms with van der Waals surface area (Å²) in [5.74, 6) is 0. The standard InChI is InChI=1S/C21H19BrCl2N2O2/c1-2-28-21(27)26-8-7-15-16-10-13(22)4-6-18(16)25-20(15)19(26)9-12-3-5-14(23)11-17(12)24/h3-6,10-11,19,25H,2,7-9H2,1H3. The molecule has 1 amide bonds. The van der Waals surface area contributed by atoms with Crippen LogP contribution < -0.4 is 0 Å². The van der Waals surface area contributed by atoms with Crippen LogP contribution in [0, 0.1) is 0 Å². The van der Waals surface area contributed by atoms with Gasteiger partial charge in [0.05, 0.1) is 12.6 Å². The van der Waals surface area contributed by atoms with Gasteiger partial charge in [-0.2, -0.15) is 0 Å². The minimum Gasteiger partial charge on any atom is -0.450 e. The Morgan fingerprint density at radius 2 is 2.11 bits per heavy atom. The smallest absolute Gasteiger partial charge is 0.410 e. The first-order valence-corrected chi connectivity index (χ1v) is 10.7. The van der Waals surface area contributed by atoms with Gasteiger partial charge in [0, 0.05) is 44.1 Å². The number of amides is 1. The Balaban J connectivity index is 1.80. The lowest BCUT2D eigenvalue weighted by Gasteiger charge is -2.35. The average Bonchev–Trinajstić information content (AvgIpc) is 3.02. The molecule has 1 aliphatic rings. The normalized spacial score (nSPS) is 16.3. The van der Waals surface area contributed by atoms with Gasteiger partial charge in [-0.3, -0.25) is 4.90 Å². The number of halogens is 3. The summed E-state index contributed by atoms with van der Waals surface area (Å²) in [5, 5.41) is 2.37. The van der Waals surface area contributed by atoms with Crippen LogP contribution in [0.1, 0.15) is 29.8 Å². The number of fused-ring (bicyclic) bond motifs is 3. The molecule has 7 heteroatoms. The third-order valence-corrected chi connectivity index (χ3v) is 6.22. The highest BCUT2D eigenvalue weighted by Crippen LogP contribution is 2.38. The van der Waals surface area contributed by atoms with Crippen LogP contribution in [0.2, 0.25) is 10.0 Å². The molecule has 1 aliphatic heterocycles. The summed E-state index contributed by atoms with van der Waals surface area (Å²) in [6.07, 6.45) is 1.05. The Kier molecular flexibility index (Phi) is 5.59. The molecule has 0 bridgehead atoms. The van der Waals surface area contributed by atoms with Crippen molar-refractivity contribution in [3.8, 4) is 0 Å². The number of carbonyl (C=O) groups excluding carboxylic acids is 1. The van der Waals surface area contributed by atoms with Crippen molar-refractivity contribution in [2.45, 2.75) is 25.8 Å². The zero-order valence-electron chi connectivity index (χ0n) is 15.3. The Labute approximate surface area is 181 Å². The lowest BCUT2D eigenvalue weighted by atomic mass is 9.93. The maximum atomic E-state index is 12.6. The summed E-state index contributed by atoms with van der Waals surface area (Å²) in [6.45, 7) is 2.76. The molecule has 0 saturated carbocycles. The summed E-state index contributed by atoms with van der Waals surface area (Å²) >= 11 is 16.0. The molecule has 146 valence electrons. The van der Waals surface area contributed by atoms with E-state index in [1.807, 2.05) is 25.1 Å². The molecule has 28 heavy (non-hydrogen) atoms. The monoisotopic (exact) mass is 480 g/mol. The van der Waals surface area contributed by atoms with Gasteiger partial charge < -0.3 is 9.72 Å². The number of aromatic amines is 1. The summed E-state index contributed by atoms with van der Waals surface area (Å²) in [4.78, 5) is 18.0. The number of aromatic nitrogens is 1. The van der Waals surface area contributed by atoms with Crippen LogP contribution in [0.5, 0.6) is 0 Å². The van der Waals surface area contributed by atoms with Crippen LogP contribution >= 0.6 is 39.1 Å². The molecule has 3 aromatic rings. The van der Waals surface area contributed by atoms with Crippen LogP contribution in [-0.2, 0) is 17.6 Å². The number of benzene rings is 2. The number of rotatable bonds is 3. The fraction of sp³-hybridized carbons (Fsp3) is 0.286. The van der Waals surface area contributed by atoms with Crippen LogP contribution in [0.25, 0.3) is 10.9 Å². The van der Waals surface area contributed by atoms with Crippen molar-refractivity contribution < 1.29 is 9.53 Å². The Morgan fingerprint density at radius 1 is 1.29 bits per heavy atom. The van der Waals surface area contributed by atoms with Gasteiger partial charge in [0.15, 0.2) is 0 Å². The maximum absolute atomic E-state index is 12.6. The molecular formula is C21H19BrCl2N2O2. The van der Waals surface area contributed by atoms with Crippen LogP contribution in [0.4, 0.5) is 4.79 Å². The predicted octanol–water partition coefficient (Wildman–Crippen LogP) is 6.54. The van der Waals surface area contributed by atoms with E-state index in [1.165, 1.54) is 10.9 Å². The molecule has 0 aliphatic carbocycles. The van der Waals surface area contributed by atoms with E-state index in [9.17, 15) is 4.79 Å². The number of hydrogen-bond acceptors (Lipinski definition) is 2. The molecule has 0 spiro atoms. The minimum absolute atomic E-state index is 0.187. The van der Waals surface area contributed by atoms with E-state index in [4.69, 9.17) is 27.9 Å². The Hall–Kier alpha value is -1.69. The van der Waals surface area contributed by atoms with Crippen molar-refractivity contribution >= 4 is 56.1 Å². The summed E-state index contributed by atoms with van der Waals surface area (Å²) < 4.78 is 6.35. The number of carbonyl (C=O) groups is 1. The van der Waals surface area contributed by atoms with E-state index in [1.54, 1.807) is 11.0 Å². The summed E-state index contributed by atoms with van der Waals surface area (Å²) in [5.41, 5.74) is 4.29. The van der Waals surface area contributed by atoms with Gasteiger partial charge in [0.1, 0.15) is 0 Å². The molecule has 4 rings (SSSR count). The Morgan fingerprint density at radius 3 is 2.86 bits per heavy atom. The van der Waals surface area contributed by atoms with Crippen molar-refractivity contribution in [2.75, 3.05) is 13.2 Å². The van der Waals surface area contributed by atoms with Crippen LogP contribution in [0.3, 0.4) is 0 Å². The number of nitrogens with zero attached hydrogens (tertiary/aromatic N) is 1. The SMILES string of the molecule is CCOC(=O)N1CCc2c([nH]c3ccc(Br)cc23)C1Cc1ccc(Cl)cc1Cl. The molecular weight excluding hydrogens is 463 g/mol. The number of H-pyrrole nitrogens is 1. The van der Waals surface area contributed by atoms with Crippen molar-refractivity contribution in [3.05, 3.63) is 67.7 Å². The Bertz CT molecular complexity index is 1050. The van der Waals surface area contributed by atoms with Gasteiger partial charge >= 0.3 is 6.09 Å². The lowest BCUT2D eigenvalue weighted by molar-refractivity contribution is 0.0857. The minimum atomic E-state index is -0.303. The third-order valence-electron chi connectivity index (χ3n) is 5.14. The number of hydrogen-bond donors (Lipinski definition) is 1. The second kappa shape index (κ2) is 7.97. The van der Waals surface area contributed by atoms with E-state index >= 15 is 0 Å². The van der Waals surface area contributed by atoms with E-state index in [2.05, 4.69) is 33.0 Å². The van der Waals surface area contributed by atoms with Crippen molar-refractivity contribution in [2.24, 2.45) is 0 Å². The van der Waals surface area contributed by atoms with E-state index in [0.717, 1.165) is 27.7 Å². The highest BCUT2D eigenvalue weighted by molar-refractivity contribution is 9.10. The molecule has 2 heterocycles. The van der Waals surface area contributed by atoms with Gasteiger partial charge in [-0.05, 0) is 54.8 Å². The second-order valence-corrected chi connectivity index (χ2v) is 8.56. The molecule has 1 aromatic heterocycles. The zero-order valence-corrected chi connectivity index (χ0v) is 18.4. The zero-order chi connectivity index (χ0) is 19.8. The molecule has 0 saturated heterocycles. The summed E-state index contributed by atoms with van der Waals surface area (Å²) in [6, 6.07) is 11.5. The maximum Gasteiger partial charge on any atom is 0.410 e. The molecule has 1 N–H and O–H groups in total. The fourth-order valence-corrected chi connectivity index (χ4v) is 4.72. The first-order chi connectivity index (χ1) is 13.5. The first kappa shape index (κ1) is 19.6. The molecule has 4 nitrogen and oxygen atoms in total. The van der Waals surface area contributed by atoms with E-state index in [0.29, 0.717) is 29.6 Å². The highest BCUT2D eigenvalue weighted by atomic mass is 79.9. The topological polar surface area (TPSA) is 45.3 Å². The summed E-state index contributed by atoms with van der Waals surface area (Å²) in [7, 11) is 0.